The van der Waals surface area contributed by atoms with Crippen molar-refractivity contribution in [2.45, 2.75) is 38.6 Å². The lowest BCUT2D eigenvalue weighted by Crippen LogP contribution is -3.00. The van der Waals surface area contributed by atoms with E-state index in [0.717, 1.165) is 12.1 Å². The predicted molar refractivity (Wildman–Crippen MR) is 120 cm³/mol. The van der Waals surface area contributed by atoms with Gasteiger partial charge >= 0.3 is 5.97 Å². The molecule has 176 valence electrons. The first kappa shape index (κ1) is 26.2. The maximum absolute atomic E-state index is 12.2. The van der Waals surface area contributed by atoms with Gasteiger partial charge in [0.05, 0.1) is 14.1 Å². The average molecular weight is 518 g/mol. The number of amides is 3. The van der Waals surface area contributed by atoms with Gasteiger partial charge in [0, 0.05) is 36.9 Å². The highest BCUT2D eigenvalue weighted by Crippen LogP contribution is 2.22. The number of benzene rings is 2. The van der Waals surface area contributed by atoms with E-state index in [4.69, 9.17) is 4.84 Å². The van der Waals surface area contributed by atoms with Crippen LogP contribution in [0.25, 0.3) is 0 Å². The summed E-state index contributed by atoms with van der Waals surface area (Å²) in [5.74, 6) is -1.96. The Bertz CT molecular complexity index is 977. The molecule has 8 nitrogen and oxygen atoms in total. The average Bonchev–Trinajstić information content (AvgIpc) is 3.07. The maximum atomic E-state index is 12.2. The van der Waals surface area contributed by atoms with E-state index in [-0.39, 0.29) is 55.0 Å². The molecule has 9 heteroatoms. The summed E-state index contributed by atoms with van der Waals surface area (Å²) in [6.07, 6.45) is 0.417. The molecule has 3 amide bonds. The molecule has 2 aromatic rings. The zero-order valence-corrected chi connectivity index (χ0v) is 20.3. The zero-order valence-electron chi connectivity index (χ0n) is 18.8. The maximum Gasteiger partial charge on any atom is 0.333 e. The van der Waals surface area contributed by atoms with Crippen LogP contribution in [0.15, 0.2) is 54.6 Å². The van der Waals surface area contributed by atoms with Gasteiger partial charge in [0.1, 0.15) is 12.2 Å². The second-order valence-electron chi connectivity index (χ2n) is 8.32. The Morgan fingerprint density at radius 2 is 1.55 bits per heavy atom. The van der Waals surface area contributed by atoms with Crippen molar-refractivity contribution in [1.82, 2.24) is 9.55 Å². The van der Waals surface area contributed by atoms with E-state index in [9.17, 15) is 19.2 Å². The quantitative estimate of drug-likeness (QED) is 0.378. The van der Waals surface area contributed by atoms with Crippen LogP contribution in [0.2, 0.25) is 0 Å². The lowest BCUT2D eigenvalue weighted by molar-refractivity contribution is -0.197. The monoisotopic (exact) mass is 517 g/mol. The molecule has 1 aliphatic rings. The van der Waals surface area contributed by atoms with E-state index in [1.807, 2.05) is 42.5 Å². The lowest BCUT2D eigenvalue weighted by Gasteiger charge is -2.29. The Balaban J connectivity index is 0.00000385. The van der Waals surface area contributed by atoms with Crippen LogP contribution in [0, 0.1) is 0 Å². The molecule has 1 N–H and O–H groups in total. The molecule has 0 radical (unpaired) electrons. The molecular formula is C24H28BrN3O5. The summed E-state index contributed by atoms with van der Waals surface area (Å²) in [6, 6.07) is 17.9. The number of anilines is 1. The molecule has 2 aromatic carbocycles. The number of para-hydroxylation sites is 1. The number of hydroxylamine groups is 2. The molecule has 1 aliphatic heterocycles. The normalized spacial score (nSPS) is 13.5. The SMILES string of the molecule is C[N+](C)(Cc1ccc(NC(=O)CCCC(=O)ON2C(=O)CCC2=O)cc1)c1ccccc1.[Br-]. The van der Waals surface area contributed by atoms with Crippen molar-refractivity contribution >= 4 is 35.1 Å². The van der Waals surface area contributed by atoms with Crippen molar-refractivity contribution in [3.8, 4) is 0 Å². The minimum absolute atomic E-state index is 0. The smallest absolute Gasteiger partial charge is 0.333 e. The summed E-state index contributed by atoms with van der Waals surface area (Å²) in [7, 11) is 4.29. The number of quaternary nitrogens is 1. The Hall–Kier alpha value is -3.04. The highest BCUT2D eigenvalue weighted by atomic mass is 79.9. The number of hydrogen-bond acceptors (Lipinski definition) is 5. The highest BCUT2D eigenvalue weighted by Gasteiger charge is 2.32. The minimum atomic E-state index is -0.704. The van der Waals surface area contributed by atoms with Crippen molar-refractivity contribution < 1.29 is 41.0 Å². The molecule has 0 unspecified atom stereocenters. The van der Waals surface area contributed by atoms with Gasteiger partial charge in [0.15, 0.2) is 0 Å². The Morgan fingerprint density at radius 1 is 0.939 bits per heavy atom. The van der Waals surface area contributed by atoms with Crippen LogP contribution in [0.3, 0.4) is 0 Å². The van der Waals surface area contributed by atoms with Crippen molar-refractivity contribution in [3.63, 3.8) is 0 Å². The fraction of sp³-hybridized carbons (Fsp3) is 0.333. The van der Waals surface area contributed by atoms with Crippen LogP contribution >= 0.6 is 0 Å². The summed E-state index contributed by atoms with van der Waals surface area (Å²) < 4.78 is 0.706. The fourth-order valence-corrected chi connectivity index (χ4v) is 3.49. The number of hydrogen-bond donors (Lipinski definition) is 1. The predicted octanol–water partition coefficient (Wildman–Crippen LogP) is 0.174. The van der Waals surface area contributed by atoms with Crippen LogP contribution in [-0.4, -0.2) is 42.8 Å². The van der Waals surface area contributed by atoms with Crippen LogP contribution in [0.5, 0.6) is 0 Å². The van der Waals surface area contributed by atoms with Gasteiger partial charge in [0.25, 0.3) is 11.8 Å². The Morgan fingerprint density at radius 3 is 2.15 bits per heavy atom. The molecule has 1 heterocycles. The second kappa shape index (κ2) is 11.7. The lowest BCUT2D eigenvalue weighted by atomic mass is 10.1. The molecule has 3 rings (SSSR count). The standard InChI is InChI=1S/C24H27N3O5.BrH/c1-27(2,20-7-4-3-5-8-20)17-18-11-13-19(14-12-18)25-21(28)9-6-10-24(31)32-26-22(29)15-16-23(26)30;/h3-5,7-8,11-14H,6,9-10,15-17H2,1-2H3;1H. The van der Waals surface area contributed by atoms with Crippen LogP contribution in [0.1, 0.15) is 37.7 Å². The van der Waals surface area contributed by atoms with Gasteiger partial charge in [-0.2, -0.15) is 0 Å². The largest absolute Gasteiger partial charge is 1.00 e. The molecular weight excluding hydrogens is 490 g/mol. The number of imide groups is 1. The van der Waals surface area contributed by atoms with E-state index in [1.165, 1.54) is 5.69 Å². The number of nitrogens with zero attached hydrogens (tertiary/aromatic N) is 2. The molecule has 1 saturated heterocycles. The van der Waals surface area contributed by atoms with Crippen molar-refractivity contribution in [1.29, 1.82) is 0 Å². The topological polar surface area (TPSA) is 92.8 Å². The molecule has 1 fully saturated rings. The van der Waals surface area contributed by atoms with Crippen molar-refractivity contribution in [3.05, 3.63) is 60.2 Å². The fourth-order valence-electron chi connectivity index (χ4n) is 3.49. The third-order valence-corrected chi connectivity index (χ3v) is 5.25. The van der Waals surface area contributed by atoms with Gasteiger partial charge in [-0.15, -0.1) is 5.06 Å². The molecule has 0 saturated carbocycles. The first-order valence-corrected chi connectivity index (χ1v) is 10.6. The van der Waals surface area contributed by atoms with E-state index >= 15 is 0 Å². The van der Waals surface area contributed by atoms with Gasteiger partial charge in [0.2, 0.25) is 5.91 Å². The first-order chi connectivity index (χ1) is 15.2. The first-order valence-electron chi connectivity index (χ1n) is 10.6. The Labute approximate surface area is 203 Å². The second-order valence-corrected chi connectivity index (χ2v) is 8.32. The van der Waals surface area contributed by atoms with Crippen LogP contribution < -0.4 is 26.8 Å². The third kappa shape index (κ3) is 7.50. The van der Waals surface area contributed by atoms with Crippen molar-refractivity contribution in [2.75, 3.05) is 19.4 Å². The molecule has 0 bridgehead atoms. The zero-order chi connectivity index (χ0) is 23.1. The molecule has 0 spiro atoms. The molecule has 0 aromatic heterocycles. The van der Waals surface area contributed by atoms with Gasteiger partial charge < -0.3 is 27.1 Å². The molecule has 0 aliphatic carbocycles. The highest BCUT2D eigenvalue weighted by molar-refractivity contribution is 6.01. The van der Waals surface area contributed by atoms with Crippen molar-refractivity contribution in [2.24, 2.45) is 0 Å². The number of carbonyl (C=O) groups is 4. The number of rotatable bonds is 9. The van der Waals surface area contributed by atoms with E-state index in [1.54, 1.807) is 0 Å². The molecule has 0 atom stereocenters. The van der Waals surface area contributed by atoms with Crippen LogP contribution in [-0.2, 0) is 30.6 Å². The van der Waals surface area contributed by atoms with Gasteiger partial charge in [-0.1, -0.05) is 30.3 Å². The number of carbonyl (C=O) groups excluding carboxylic acids is 4. The number of halogens is 1. The van der Waals surface area contributed by atoms with Gasteiger partial charge in [-0.25, -0.2) is 4.79 Å². The molecule has 33 heavy (non-hydrogen) atoms. The van der Waals surface area contributed by atoms with E-state index in [2.05, 4.69) is 31.5 Å². The summed E-state index contributed by atoms with van der Waals surface area (Å²) in [4.78, 5) is 51.6. The number of nitrogens with one attached hydrogen (secondary N) is 1. The van der Waals surface area contributed by atoms with Gasteiger partial charge in [-0.05, 0) is 30.7 Å². The minimum Gasteiger partial charge on any atom is -1.00 e. The Kier molecular flexibility index (Phi) is 9.31. The summed E-state index contributed by atoms with van der Waals surface area (Å²) in [5.41, 5.74) is 3.03. The third-order valence-electron chi connectivity index (χ3n) is 5.25. The summed E-state index contributed by atoms with van der Waals surface area (Å²) in [5, 5.41) is 3.33. The summed E-state index contributed by atoms with van der Waals surface area (Å²) >= 11 is 0. The van der Waals surface area contributed by atoms with Crippen LogP contribution in [0.4, 0.5) is 11.4 Å². The van der Waals surface area contributed by atoms with E-state index in [0.29, 0.717) is 15.2 Å². The summed E-state index contributed by atoms with van der Waals surface area (Å²) in [6.45, 7) is 0.808. The van der Waals surface area contributed by atoms with E-state index < -0.39 is 17.8 Å². The van der Waals surface area contributed by atoms with Gasteiger partial charge in [-0.3, -0.25) is 18.9 Å².